The van der Waals surface area contributed by atoms with Crippen molar-refractivity contribution in [1.82, 2.24) is 9.78 Å². The molecular formula is C14H18N2O3. The smallest absolute Gasteiger partial charge is 0.161 e. The molecule has 0 aliphatic rings. The van der Waals surface area contributed by atoms with Crippen molar-refractivity contribution in [1.29, 1.82) is 0 Å². The van der Waals surface area contributed by atoms with E-state index in [9.17, 15) is 5.11 Å². The van der Waals surface area contributed by atoms with Gasteiger partial charge in [-0.15, -0.1) is 0 Å². The minimum Gasteiger partial charge on any atom is -0.493 e. The highest BCUT2D eigenvalue weighted by molar-refractivity contribution is 5.45. The molecule has 0 aliphatic heterocycles. The first-order valence-corrected chi connectivity index (χ1v) is 5.97. The molecule has 1 heterocycles. The number of hydrogen-bond acceptors (Lipinski definition) is 4. The fourth-order valence-corrected chi connectivity index (χ4v) is 1.99. The predicted molar refractivity (Wildman–Crippen MR) is 71.6 cm³/mol. The van der Waals surface area contributed by atoms with Gasteiger partial charge in [0.05, 0.1) is 20.4 Å². The number of aryl methyl sites for hydroxylation is 1. The molecule has 1 aromatic carbocycles. The van der Waals surface area contributed by atoms with Crippen LogP contribution in [0.3, 0.4) is 0 Å². The molecule has 1 atom stereocenters. The van der Waals surface area contributed by atoms with E-state index in [1.54, 1.807) is 37.2 Å². The number of aromatic nitrogens is 2. The van der Waals surface area contributed by atoms with Gasteiger partial charge in [-0.2, -0.15) is 5.10 Å². The largest absolute Gasteiger partial charge is 0.493 e. The van der Waals surface area contributed by atoms with Crippen LogP contribution >= 0.6 is 0 Å². The Morgan fingerprint density at radius 3 is 2.42 bits per heavy atom. The van der Waals surface area contributed by atoms with E-state index in [2.05, 4.69) is 5.10 Å². The molecule has 0 spiro atoms. The number of aliphatic hydroxyl groups excluding tert-OH is 1. The second-order valence-corrected chi connectivity index (χ2v) is 4.33. The summed E-state index contributed by atoms with van der Waals surface area (Å²) < 4.78 is 12.2. The first kappa shape index (κ1) is 13.4. The maximum atomic E-state index is 10.4. The fourth-order valence-electron chi connectivity index (χ4n) is 1.99. The standard InChI is InChI=1S/C14H18N2O3/c1-9-11(8-15-16(9)2)14(17)10-5-6-12(18-3)13(7-10)19-4/h5-8,14,17H,1-4H3. The molecule has 1 N–H and O–H groups in total. The number of rotatable bonds is 4. The lowest BCUT2D eigenvalue weighted by atomic mass is 10.0. The van der Waals surface area contributed by atoms with Gasteiger partial charge in [0.1, 0.15) is 6.10 Å². The lowest BCUT2D eigenvalue weighted by Gasteiger charge is -2.14. The van der Waals surface area contributed by atoms with E-state index in [1.807, 2.05) is 20.0 Å². The second kappa shape index (κ2) is 5.32. The van der Waals surface area contributed by atoms with Gasteiger partial charge >= 0.3 is 0 Å². The topological polar surface area (TPSA) is 56.5 Å². The van der Waals surface area contributed by atoms with Crippen molar-refractivity contribution in [3.8, 4) is 11.5 Å². The van der Waals surface area contributed by atoms with Crippen LogP contribution in [0, 0.1) is 6.92 Å². The minimum absolute atomic E-state index is 0.598. The molecule has 0 radical (unpaired) electrons. The summed E-state index contributed by atoms with van der Waals surface area (Å²) >= 11 is 0. The lowest BCUT2D eigenvalue weighted by Crippen LogP contribution is -2.03. The van der Waals surface area contributed by atoms with Crippen LogP contribution in [0.4, 0.5) is 0 Å². The molecule has 5 heteroatoms. The summed E-state index contributed by atoms with van der Waals surface area (Å²) in [6.45, 7) is 1.92. The molecule has 102 valence electrons. The van der Waals surface area contributed by atoms with Crippen LogP contribution in [0.25, 0.3) is 0 Å². The Bertz CT molecular complexity index is 578. The van der Waals surface area contributed by atoms with Crippen molar-refractivity contribution in [3.63, 3.8) is 0 Å². The molecular weight excluding hydrogens is 244 g/mol. The first-order valence-electron chi connectivity index (χ1n) is 5.97. The zero-order valence-electron chi connectivity index (χ0n) is 11.5. The van der Waals surface area contributed by atoms with Gasteiger partial charge in [-0.3, -0.25) is 4.68 Å². The Kier molecular flexibility index (Phi) is 3.76. The van der Waals surface area contributed by atoms with E-state index >= 15 is 0 Å². The van der Waals surface area contributed by atoms with E-state index in [0.29, 0.717) is 11.5 Å². The second-order valence-electron chi connectivity index (χ2n) is 4.33. The van der Waals surface area contributed by atoms with Crippen LogP contribution in [0.1, 0.15) is 22.9 Å². The maximum absolute atomic E-state index is 10.4. The van der Waals surface area contributed by atoms with E-state index in [4.69, 9.17) is 9.47 Å². The highest BCUT2D eigenvalue weighted by Crippen LogP contribution is 2.32. The number of hydrogen-bond donors (Lipinski definition) is 1. The summed E-state index contributed by atoms with van der Waals surface area (Å²) in [6.07, 6.45) is 0.949. The van der Waals surface area contributed by atoms with Crippen molar-refractivity contribution in [2.24, 2.45) is 7.05 Å². The Morgan fingerprint density at radius 1 is 1.21 bits per heavy atom. The summed E-state index contributed by atoms with van der Waals surface area (Å²) in [4.78, 5) is 0. The van der Waals surface area contributed by atoms with Gasteiger partial charge < -0.3 is 14.6 Å². The Balaban J connectivity index is 2.39. The number of nitrogens with zero attached hydrogens (tertiary/aromatic N) is 2. The quantitative estimate of drug-likeness (QED) is 0.913. The summed E-state index contributed by atoms with van der Waals surface area (Å²) in [7, 11) is 5.00. The van der Waals surface area contributed by atoms with Gasteiger partial charge in [0.25, 0.3) is 0 Å². The summed E-state index contributed by atoms with van der Waals surface area (Å²) in [5, 5.41) is 14.6. The molecule has 0 fully saturated rings. The third kappa shape index (κ3) is 2.42. The lowest BCUT2D eigenvalue weighted by molar-refractivity contribution is 0.218. The highest BCUT2D eigenvalue weighted by atomic mass is 16.5. The average molecular weight is 262 g/mol. The SMILES string of the molecule is COc1ccc(C(O)c2cnn(C)c2C)cc1OC. The summed E-state index contributed by atoms with van der Waals surface area (Å²) in [5.41, 5.74) is 2.46. The van der Waals surface area contributed by atoms with Crippen molar-refractivity contribution < 1.29 is 14.6 Å². The number of methoxy groups -OCH3 is 2. The molecule has 0 amide bonds. The van der Waals surface area contributed by atoms with Crippen LogP contribution in [0.15, 0.2) is 24.4 Å². The molecule has 0 saturated carbocycles. The zero-order chi connectivity index (χ0) is 14.0. The average Bonchev–Trinajstić information content (AvgIpc) is 2.77. The van der Waals surface area contributed by atoms with Gasteiger partial charge in [-0.25, -0.2) is 0 Å². The molecule has 5 nitrogen and oxygen atoms in total. The van der Waals surface area contributed by atoms with Gasteiger partial charge in [0.2, 0.25) is 0 Å². The number of aliphatic hydroxyl groups is 1. The third-order valence-electron chi connectivity index (χ3n) is 3.29. The molecule has 2 rings (SSSR count). The first-order chi connectivity index (χ1) is 9.08. The highest BCUT2D eigenvalue weighted by Gasteiger charge is 2.17. The number of ether oxygens (including phenoxy) is 2. The van der Waals surface area contributed by atoms with E-state index in [0.717, 1.165) is 16.8 Å². The van der Waals surface area contributed by atoms with Crippen molar-refractivity contribution >= 4 is 0 Å². The van der Waals surface area contributed by atoms with E-state index in [-0.39, 0.29) is 0 Å². The minimum atomic E-state index is -0.728. The third-order valence-corrected chi connectivity index (χ3v) is 3.29. The molecule has 0 aliphatic carbocycles. The van der Waals surface area contributed by atoms with Crippen molar-refractivity contribution in [3.05, 3.63) is 41.2 Å². The Labute approximate surface area is 112 Å². The molecule has 0 bridgehead atoms. The van der Waals surface area contributed by atoms with Gasteiger partial charge in [-0.05, 0) is 24.6 Å². The maximum Gasteiger partial charge on any atom is 0.161 e. The molecule has 1 unspecified atom stereocenters. The van der Waals surface area contributed by atoms with Crippen LogP contribution in [-0.2, 0) is 7.05 Å². The van der Waals surface area contributed by atoms with Crippen LogP contribution in [0.2, 0.25) is 0 Å². The van der Waals surface area contributed by atoms with Gasteiger partial charge in [-0.1, -0.05) is 6.07 Å². The van der Waals surface area contributed by atoms with Crippen molar-refractivity contribution in [2.75, 3.05) is 14.2 Å². The summed E-state index contributed by atoms with van der Waals surface area (Å²) in [5.74, 6) is 1.24. The predicted octanol–water partition coefficient (Wildman–Crippen LogP) is 1.83. The van der Waals surface area contributed by atoms with Crippen LogP contribution < -0.4 is 9.47 Å². The van der Waals surface area contributed by atoms with E-state index in [1.165, 1.54) is 0 Å². The Hall–Kier alpha value is -2.01. The Morgan fingerprint density at radius 2 is 1.89 bits per heavy atom. The normalized spacial score (nSPS) is 12.3. The van der Waals surface area contributed by atoms with Gasteiger partial charge in [0.15, 0.2) is 11.5 Å². The van der Waals surface area contributed by atoms with Crippen LogP contribution in [-0.4, -0.2) is 29.1 Å². The summed E-state index contributed by atoms with van der Waals surface area (Å²) in [6, 6.07) is 5.37. The fraction of sp³-hybridized carbons (Fsp3) is 0.357. The molecule has 0 saturated heterocycles. The number of benzene rings is 1. The van der Waals surface area contributed by atoms with E-state index < -0.39 is 6.10 Å². The monoisotopic (exact) mass is 262 g/mol. The molecule has 2 aromatic rings. The van der Waals surface area contributed by atoms with Crippen LogP contribution in [0.5, 0.6) is 11.5 Å². The van der Waals surface area contributed by atoms with Gasteiger partial charge in [0, 0.05) is 18.3 Å². The van der Waals surface area contributed by atoms with Crippen molar-refractivity contribution in [2.45, 2.75) is 13.0 Å². The molecule has 19 heavy (non-hydrogen) atoms. The zero-order valence-corrected chi connectivity index (χ0v) is 11.5. The molecule has 1 aromatic heterocycles.